The Bertz CT molecular complexity index is 1470. The number of benzene rings is 3. The van der Waals surface area contributed by atoms with Crippen LogP contribution in [0.3, 0.4) is 0 Å². The SMILES string of the molecule is C#CC#COc1ccc(-c2cc(CCl)c(-c3cc(OC)ccc3OC)cc2CCl)cc1OC#CC#C. The third kappa shape index (κ3) is 6.02. The zero-order valence-corrected chi connectivity index (χ0v) is 21.1. The van der Waals surface area contributed by atoms with E-state index in [0.717, 1.165) is 33.4 Å². The average Bonchev–Trinajstić information content (AvgIpc) is 2.92. The lowest BCUT2D eigenvalue weighted by molar-refractivity contribution is 0.404. The third-order valence-electron chi connectivity index (χ3n) is 5.14. The van der Waals surface area contributed by atoms with E-state index >= 15 is 0 Å². The number of rotatable bonds is 8. The Morgan fingerprint density at radius 3 is 1.89 bits per heavy atom. The Balaban J connectivity index is 2.18. The first-order valence-electron chi connectivity index (χ1n) is 10.5. The van der Waals surface area contributed by atoms with E-state index in [1.54, 1.807) is 26.4 Å². The van der Waals surface area contributed by atoms with Gasteiger partial charge in [-0.05, 0) is 82.1 Å². The largest absolute Gasteiger partial charge is 0.497 e. The monoisotopic (exact) mass is 514 g/mol. The van der Waals surface area contributed by atoms with Crippen molar-refractivity contribution in [2.24, 2.45) is 0 Å². The summed E-state index contributed by atoms with van der Waals surface area (Å²) in [4.78, 5) is 0. The second-order valence-electron chi connectivity index (χ2n) is 7.11. The van der Waals surface area contributed by atoms with Crippen molar-refractivity contribution in [3.63, 3.8) is 0 Å². The molecule has 3 rings (SSSR count). The molecule has 36 heavy (non-hydrogen) atoms. The Morgan fingerprint density at radius 2 is 1.28 bits per heavy atom. The molecule has 0 aromatic heterocycles. The lowest BCUT2D eigenvalue weighted by atomic mass is 9.91. The van der Waals surface area contributed by atoms with Crippen molar-refractivity contribution in [1.82, 2.24) is 0 Å². The highest BCUT2D eigenvalue weighted by Gasteiger charge is 2.17. The lowest BCUT2D eigenvalue weighted by Crippen LogP contribution is -1.97. The van der Waals surface area contributed by atoms with Crippen molar-refractivity contribution < 1.29 is 18.9 Å². The van der Waals surface area contributed by atoms with Gasteiger partial charge in [-0.2, -0.15) is 0 Å². The second-order valence-corrected chi connectivity index (χ2v) is 7.64. The van der Waals surface area contributed by atoms with Gasteiger partial charge < -0.3 is 18.9 Å². The molecule has 0 atom stereocenters. The van der Waals surface area contributed by atoms with Gasteiger partial charge in [0, 0.05) is 29.2 Å². The second kappa shape index (κ2) is 13.0. The van der Waals surface area contributed by atoms with Gasteiger partial charge in [0.2, 0.25) is 0 Å². The molecule has 3 aromatic carbocycles. The Hall–Kier alpha value is -4.32. The summed E-state index contributed by atoms with van der Waals surface area (Å²) in [7, 11) is 3.23. The van der Waals surface area contributed by atoms with Crippen LogP contribution in [0.25, 0.3) is 22.3 Å². The third-order valence-corrected chi connectivity index (χ3v) is 5.71. The Morgan fingerprint density at radius 1 is 0.667 bits per heavy atom. The summed E-state index contributed by atoms with van der Waals surface area (Å²) in [5, 5.41) is 0. The van der Waals surface area contributed by atoms with E-state index in [1.165, 1.54) is 0 Å². The van der Waals surface area contributed by atoms with E-state index in [-0.39, 0.29) is 11.8 Å². The van der Waals surface area contributed by atoms with E-state index in [1.807, 2.05) is 36.4 Å². The topological polar surface area (TPSA) is 36.9 Å². The molecule has 0 aliphatic heterocycles. The molecule has 0 saturated heterocycles. The first-order valence-corrected chi connectivity index (χ1v) is 11.6. The molecular formula is C30H20Cl2O4. The molecule has 0 aliphatic carbocycles. The molecule has 0 aliphatic rings. The minimum atomic E-state index is 0.246. The fourth-order valence-corrected chi connectivity index (χ4v) is 3.96. The van der Waals surface area contributed by atoms with E-state index in [2.05, 4.69) is 35.9 Å². The fourth-order valence-electron chi connectivity index (χ4n) is 3.51. The predicted molar refractivity (Wildman–Crippen MR) is 144 cm³/mol. The smallest absolute Gasteiger partial charge is 0.184 e. The number of terminal acetylenes is 2. The molecule has 0 unspecified atom stereocenters. The van der Waals surface area contributed by atoms with Gasteiger partial charge in [-0.15, -0.1) is 36.0 Å². The van der Waals surface area contributed by atoms with Gasteiger partial charge in [0.25, 0.3) is 0 Å². The number of ether oxygens (including phenoxy) is 4. The van der Waals surface area contributed by atoms with Crippen LogP contribution in [0.1, 0.15) is 11.1 Å². The molecule has 0 bridgehead atoms. The fraction of sp³-hybridized carbons (Fsp3) is 0.133. The van der Waals surface area contributed by atoms with Crippen LogP contribution in [0, 0.1) is 48.7 Å². The van der Waals surface area contributed by atoms with Crippen LogP contribution in [-0.2, 0) is 11.8 Å². The van der Waals surface area contributed by atoms with Gasteiger partial charge >= 0.3 is 0 Å². The van der Waals surface area contributed by atoms with Gasteiger partial charge in [-0.1, -0.05) is 6.07 Å². The van der Waals surface area contributed by atoms with Gasteiger partial charge in [-0.3, -0.25) is 0 Å². The van der Waals surface area contributed by atoms with Gasteiger partial charge in [0.05, 0.1) is 14.2 Å². The minimum Gasteiger partial charge on any atom is -0.497 e. The number of halogens is 2. The summed E-state index contributed by atoms with van der Waals surface area (Å²) in [6.07, 6.45) is 15.2. The predicted octanol–water partition coefficient (Wildman–Crippen LogP) is 6.46. The number of hydrogen-bond acceptors (Lipinski definition) is 4. The first-order chi connectivity index (χ1) is 17.6. The van der Waals surface area contributed by atoms with Crippen LogP contribution in [0.2, 0.25) is 0 Å². The van der Waals surface area contributed by atoms with E-state index in [0.29, 0.717) is 23.0 Å². The molecule has 0 radical (unpaired) electrons. The molecule has 0 N–H and O–H groups in total. The van der Waals surface area contributed by atoms with Crippen molar-refractivity contribution in [2.45, 2.75) is 11.8 Å². The van der Waals surface area contributed by atoms with Crippen molar-refractivity contribution in [2.75, 3.05) is 14.2 Å². The molecule has 178 valence electrons. The van der Waals surface area contributed by atoms with Crippen molar-refractivity contribution >= 4 is 23.2 Å². The molecule has 0 fully saturated rings. The van der Waals surface area contributed by atoms with Crippen LogP contribution in [0.15, 0.2) is 48.5 Å². The van der Waals surface area contributed by atoms with Gasteiger partial charge in [-0.25, -0.2) is 0 Å². The quantitative estimate of drug-likeness (QED) is 0.255. The summed E-state index contributed by atoms with van der Waals surface area (Å²) >= 11 is 12.8. The zero-order chi connectivity index (χ0) is 25.9. The molecular weight excluding hydrogens is 495 g/mol. The number of hydrogen-bond donors (Lipinski definition) is 0. The lowest BCUT2D eigenvalue weighted by Gasteiger charge is -2.18. The number of methoxy groups -OCH3 is 2. The summed E-state index contributed by atoms with van der Waals surface area (Å²) in [6, 6.07) is 14.9. The zero-order valence-electron chi connectivity index (χ0n) is 19.6. The highest BCUT2D eigenvalue weighted by atomic mass is 35.5. The summed E-state index contributed by atoms with van der Waals surface area (Å²) in [5.74, 6) is 11.7. The average molecular weight is 515 g/mol. The Labute approximate surface area is 221 Å². The molecule has 0 saturated carbocycles. The highest BCUT2D eigenvalue weighted by molar-refractivity contribution is 6.18. The maximum atomic E-state index is 6.40. The maximum Gasteiger partial charge on any atom is 0.184 e. The van der Waals surface area contributed by atoms with Crippen molar-refractivity contribution in [3.05, 3.63) is 59.7 Å². The number of alkyl halides is 2. The maximum absolute atomic E-state index is 6.40. The normalized spacial score (nSPS) is 9.39. The van der Waals surface area contributed by atoms with Crippen LogP contribution < -0.4 is 18.9 Å². The summed E-state index contributed by atoms with van der Waals surface area (Å²) in [6.45, 7) is 0. The molecule has 4 nitrogen and oxygen atoms in total. The molecule has 0 spiro atoms. The standard InChI is InChI=1S/C30H20Cl2O4/c1-5-7-13-35-29-11-9-21(17-30(29)36-14-8-6-2)25-15-23(20-32)26(16-22(25)19-31)27-18-24(33-3)10-12-28(27)34-4/h1-2,9-12,15-18H,19-20H2,3-4H3. The minimum absolute atomic E-state index is 0.246. The summed E-state index contributed by atoms with van der Waals surface area (Å²) in [5.41, 5.74) is 5.14. The first kappa shape index (κ1) is 26.3. The van der Waals surface area contributed by atoms with E-state index < -0.39 is 0 Å². The van der Waals surface area contributed by atoms with E-state index in [9.17, 15) is 0 Å². The van der Waals surface area contributed by atoms with Crippen molar-refractivity contribution in [1.29, 1.82) is 0 Å². The van der Waals surface area contributed by atoms with Crippen LogP contribution >= 0.6 is 23.2 Å². The summed E-state index contributed by atoms with van der Waals surface area (Å²) < 4.78 is 21.9. The van der Waals surface area contributed by atoms with Crippen LogP contribution in [-0.4, -0.2) is 14.2 Å². The van der Waals surface area contributed by atoms with Crippen molar-refractivity contribution in [3.8, 4) is 94.0 Å². The molecule has 0 amide bonds. The van der Waals surface area contributed by atoms with E-state index in [4.69, 9.17) is 55.0 Å². The molecule has 0 heterocycles. The van der Waals surface area contributed by atoms with Crippen LogP contribution in [0.5, 0.6) is 23.0 Å². The van der Waals surface area contributed by atoms with Gasteiger partial charge in [0.15, 0.2) is 11.5 Å². The van der Waals surface area contributed by atoms with Crippen LogP contribution in [0.4, 0.5) is 0 Å². The molecule has 6 heteroatoms. The molecule has 3 aromatic rings. The highest BCUT2D eigenvalue weighted by Crippen LogP contribution is 2.41. The van der Waals surface area contributed by atoms with Gasteiger partial charge in [0.1, 0.15) is 23.7 Å². The Kier molecular flexibility index (Phi) is 9.46.